The molecule has 0 aromatic heterocycles. The number of nitrogens with one attached hydrogen (secondary N) is 1. The van der Waals surface area contributed by atoms with Crippen molar-refractivity contribution in [1.82, 2.24) is 5.32 Å². The molecule has 0 bridgehead atoms. The molecule has 0 heterocycles. The summed E-state index contributed by atoms with van der Waals surface area (Å²) in [4.78, 5) is 11.3. The zero-order valence-corrected chi connectivity index (χ0v) is 12.1. The third-order valence-electron chi connectivity index (χ3n) is 4.24. The highest BCUT2D eigenvalue weighted by molar-refractivity contribution is 5.73. The van der Waals surface area contributed by atoms with Gasteiger partial charge >= 0.3 is 5.97 Å². The summed E-state index contributed by atoms with van der Waals surface area (Å²) >= 11 is 0. The fourth-order valence-electron chi connectivity index (χ4n) is 3.11. The largest absolute Gasteiger partial charge is 0.480 e. The molecule has 2 N–H and O–H groups in total. The van der Waals surface area contributed by atoms with E-state index in [-0.39, 0.29) is 6.04 Å². The Morgan fingerprint density at radius 1 is 1.33 bits per heavy atom. The molecule has 1 aliphatic rings. The van der Waals surface area contributed by atoms with Gasteiger partial charge in [-0.2, -0.15) is 0 Å². The van der Waals surface area contributed by atoms with E-state index in [2.05, 4.69) is 26.1 Å². The summed E-state index contributed by atoms with van der Waals surface area (Å²) in [6.07, 6.45) is 7.73. The molecule has 1 saturated carbocycles. The lowest BCUT2D eigenvalue weighted by molar-refractivity contribution is -0.140. The van der Waals surface area contributed by atoms with Gasteiger partial charge in [0.05, 0.1) is 0 Å². The number of carboxylic acids is 1. The van der Waals surface area contributed by atoms with Crippen LogP contribution >= 0.6 is 0 Å². The molecule has 1 rings (SSSR count). The summed E-state index contributed by atoms with van der Waals surface area (Å²) < 4.78 is 0. The van der Waals surface area contributed by atoms with Crippen LogP contribution in [0.1, 0.15) is 65.7 Å². The molecule has 106 valence electrons. The minimum Gasteiger partial charge on any atom is -0.480 e. The van der Waals surface area contributed by atoms with Crippen molar-refractivity contribution in [2.45, 2.75) is 77.8 Å². The highest BCUT2D eigenvalue weighted by Crippen LogP contribution is 2.30. The maximum atomic E-state index is 11.3. The van der Waals surface area contributed by atoms with Gasteiger partial charge in [-0.3, -0.25) is 4.79 Å². The molecule has 18 heavy (non-hydrogen) atoms. The SMILES string of the molecule is CCCCC(NC1CCCCC1C(C)C)C(=O)O. The summed E-state index contributed by atoms with van der Waals surface area (Å²) in [7, 11) is 0. The van der Waals surface area contributed by atoms with Gasteiger partial charge in [-0.1, -0.05) is 46.5 Å². The number of carboxylic acid groups (broad SMARTS) is 1. The first-order valence-corrected chi connectivity index (χ1v) is 7.55. The molecule has 3 nitrogen and oxygen atoms in total. The first-order chi connectivity index (χ1) is 8.56. The lowest BCUT2D eigenvalue weighted by atomic mass is 9.77. The highest BCUT2D eigenvalue weighted by Gasteiger charge is 2.30. The zero-order chi connectivity index (χ0) is 13.5. The standard InChI is InChI=1S/C15H29NO2/c1-4-5-9-14(15(17)18)16-13-10-7-6-8-12(13)11(2)3/h11-14,16H,4-10H2,1-3H3,(H,17,18). The Hall–Kier alpha value is -0.570. The monoisotopic (exact) mass is 255 g/mol. The van der Waals surface area contributed by atoms with E-state index in [1.807, 2.05) is 0 Å². The van der Waals surface area contributed by atoms with Gasteiger partial charge < -0.3 is 10.4 Å². The van der Waals surface area contributed by atoms with Crippen molar-refractivity contribution in [3.05, 3.63) is 0 Å². The Bertz CT molecular complexity index is 253. The van der Waals surface area contributed by atoms with Gasteiger partial charge in [0.15, 0.2) is 0 Å². The molecule has 0 aromatic rings. The van der Waals surface area contributed by atoms with E-state index >= 15 is 0 Å². The lowest BCUT2D eigenvalue weighted by Gasteiger charge is -2.36. The molecule has 0 spiro atoms. The Kier molecular flexibility index (Phi) is 6.69. The van der Waals surface area contributed by atoms with Crippen LogP contribution < -0.4 is 5.32 Å². The molecule has 3 unspecified atom stereocenters. The zero-order valence-electron chi connectivity index (χ0n) is 12.1. The second kappa shape index (κ2) is 7.78. The van der Waals surface area contributed by atoms with Gasteiger partial charge in [0.1, 0.15) is 6.04 Å². The normalized spacial score (nSPS) is 26.2. The van der Waals surface area contributed by atoms with E-state index in [9.17, 15) is 9.90 Å². The lowest BCUT2D eigenvalue weighted by Crippen LogP contribution is -2.49. The average molecular weight is 255 g/mol. The van der Waals surface area contributed by atoms with E-state index < -0.39 is 5.97 Å². The van der Waals surface area contributed by atoms with E-state index in [0.29, 0.717) is 17.9 Å². The molecule has 1 fully saturated rings. The van der Waals surface area contributed by atoms with Crippen molar-refractivity contribution in [1.29, 1.82) is 0 Å². The van der Waals surface area contributed by atoms with Gasteiger partial charge in [0, 0.05) is 6.04 Å². The minimum absolute atomic E-state index is 0.353. The number of hydrogen-bond donors (Lipinski definition) is 2. The van der Waals surface area contributed by atoms with Gasteiger partial charge in [0.25, 0.3) is 0 Å². The van der Waals surface area contributed by atoms with Crippen molar-refractivity contribution in [2.75, 3.05) is 0 Å². The van der Waals surface area contributed by atoms with Crippen LogP contribution in [0, 0.1) is 11.8 Å². The molecular weight excluding hydrogens is 226 g/mol. The predicted octanol–water partition coefficient (Wildman–Crippen LogP) is 3.43. The van der Waals surface area contributed by atoms with Crippen molar-refractivity contribution >= 4 is 5.97 Å². The fraction of sp³-hybridized carbons (Fsp3) is 0.933. The Morgan fingerprint density at radius 3 is 2.56 bits per heavy atom. The van der Waals surface area contributed by atoms with Gasteiger partial charge in [-0.15, -0.1) is 0 Å². The molecule has 1 aliphatic carbocycles. The van der Waals surface area contributed by atoms with E-state index in [1.54, 1.807) is 0 Å². The second-order valence-electron chi connectivity index (χ2n) is 6.00. The van der Waals surface area contributed by atoms with Crippen LogP contribution in [0.3, 0.4) is 0 Å². The van der Waals surface area contributed by atoms with E-state index in [0.717, 1.165) is 25.7 Å². The maximum Gasteiger partial charge on any atom is 0.320 e. The summed E-state index contributed by atoms with van der Waals surface area (Å²) in [5.74, 6) is 0.599. The van der Waals surface area contributed by atoms with Gasteiger partial charge in [-0.25, -0.2) is 0 Å². The summed E-state index contributed by atoms with van der Waals surface area (Å²) in [5, 5.41) is 12.7. The van der Waals surface area contributed by atoms with Crippen molar-refractivity contribution < 1.29 is 9.90 Å². The van der Waals surface area contributed by atoms with Gasteiger partial charge in [-0.05, 0) is 31.1 Å². The Labute approximate surface area is 111 Å². The summed E-state index contributed by atoms with van der Waals surface area (Å²) in [5.41, 5.74) is 0. The highest BCUT2D eigenvalue weighted by atomic mass is 16.4. The third kappa shape index (κ3) is 4.60. The number of unbranched alkanes of at least 4 members (excludes halogenated alkanes) is 1. The maximum absolute atomic E-state index is 11.3. The first kappa shape index (κ1) is 15.5. The smallest absolute Gasteiger partial charge is 0.320 e. The number of hydrogen-bond acceptors (Lipinski definition) is 2. The molecule has 3 heteroatoms. The first-order valence-electron chi connectivity index (χ1n) is 7.55. The van der Waals surface area contributed by atoms with Crippen LogP contribution in [0.2, 0.25) is 0 Å². The summed E-state index contributed by atoms with van der Waals surface area (Å²) in [6.45, 7) is 6.62. The van der Waals surface area contributed by atoms with Crippen LogP contribution in [0.5, 0.6) is 0 Å². The van der Waals surface area contributed by atoms with Crippen LogP contribution in [0.15, 0.2) is 0 Å². The number of carbonyl (C=O) groups is 1. The van der Waals surface area contributed by atoms with Crippen LogP contribution in [0.4, 0.5) is 0 Å². The second-order valence-corrected chi connectivity index (χ2v) is 6.00. The van der Waals surface area contributed by atoms with Crippen molar-refractivity contribution in [3.8, 4) is 0 Å². The van der Waals surface area contributed by atoms with Crippen LogP contribution in [-0.4, -0.2) is 23.2 Å². The van der Waals surface area contributed by atoms with Crippen molar-refractivity contribution in [2.24, 2.45) is 11.8 Å². The minimum atomic E-state index is -0.684. The Morgan fingerprint density at radius 2 is 2.00 bits per heavy atom. The van der Waals surface area contributed by atoms with Gasteiger partial charge in [0.2, 0.25) is 0 Å². The molecule has 0 aromatic carbocycles. The van der Waals surface area contributed by atoms with Crippen molar-refractivity contribution in [3.63, 3.8) is 0 Å². The molecule has 3 atom stereocenters. The topological polar surface area (TPSA) is 49.3 Å². The Balaban J connectivity index is 2.56. The molecule has 0 amide bonds. The van der Waals surface area contributed by atoms with E-state index in [1.165, 1.54) is 19.3 Å². The average Bonchev–Trinajstić information content (AvgIpc) is 2.34. The third-order valence-corrected chi connectivity index (χ3v) is 4.24. The molecule has 0 aliphatic heterocycles. The fourth-order valence-corrected chi connectivity index (χ4v) is 3.11. The molecular formula is C15H29NO2. The van der Waals surface area contributed by atoms with Crippen LogP contribution in [0.25, 0.3) is 0 Å². The van der Waals surface area contributed by atoms with E-state index in [4.69, 9.17) is 0 Å². The molecule has 0 saturated heterocycles. The van der Waals surface area contributed by atoms with Crippen LogP contribution in [-0.2, 0) is 4.79 Å². The number of aliphatic carboxylic acids is 1. The predicted molar refractivity (Wildman–Crippen MR) is 74.7 cm³/mol. The quantitative estimate of drug-likeness (QED) is 0.732. The summed E-state index contributed by atoms with van der Waals surface area (Å²) in [6, 6.07) is 0.0472. The number of rotatable bonds is 7. The molecule has 0 radical (unpaired) electrons.